The van der Waals surface area contributed by atoms with Gasteiger partial charge in [0, 0.05) is 31.4 Å². The van der Waals surface area contributed by atoms with Crippen LogP contribution in [-0.4, -0.2) is 42.6 Å². The van der Waals surface area contributed by atoms with Crippen LogP contribution in [0.4, 0.5) is 25.4 Å². The lowest BCUT2D eigenvalue weighted by atomic mass is 9.80. The molecule has 2 saturated heterocycles. The van der Waals surface area contributed by atoms with Crippen LogP contribution in [0.15, 0.2) is 18.2 Å². The summed E-state index contributed by atoms with van der Waals surface area (Å²) in [6.45, 7) is 4.01. The van der Waals surface area contributed by atoms with Crippen molar-refractivity contribution in [3.05, 3.63) is 24.0 Å². The topological polar surface area (TPSA) is 64.7 Å². The predicted molar refractivity (Wildman–Crippen MR) is 97.8 cm³/mol. The molecule has 4 rings (SSSR count). The fraction of sp³-hybridized carbons (Fsp3) is 0.579. The number of amides is 4. The summed E-state index contributed by atoms with van der Waals surface area (Å²) in [7, 11) is 0. The van der Waals surface area contributed by atoms with Crippen molar-refractivity contribution in [3.8, 4) is 0 Å². The molecular weight excluding hydrogens is 335 g/mol. The molecular formula is C19H25FN4O2. The van der Waals surface area contributed by atoms with Crippen molar-refractivity contribution in [3.63, 3.8) is 0 Å². The first kappa shape index (κ1) is 17.1. The third-order valence-electron chi connectivity index (χ3n) is 6.02. The van der Waals surface area contributed by atoms with E-state index in [9.17, 15) is 14.0 Å². The Hall–Kier alpha value is -2.31. The van der Waals surface area contributed by atoms with Crippen molar-refractivity contribution in [2.75, 3.05) is 29.9 Å². The van der Waals surface area contributed by atoms with Gasteiger partial charge in [-0.15, -0.1) is 0 Å². The van der Waals surface area contributed by atoms with E-state index in [0.717, 1.165) is 19.4 Å². The largest absolute Gasteiger partial charge is 0.336 e. The summed E-state index contributed by atoms with van der Waals surface area (Å²) >= 11 is 0. The number of benzene rings is 1. The number of halogens is 1. The fourth-order valence-corrected chi connectivity index (χ4v) is 4.69. The van der Waals surface area contributed by atoms with Gasteiger partial charge in [-0.1, -0.05) is 19.8 Å². The highest BCUT2D eigenvalue weighted by Crippen LogP contribution is 2.40. The number of nitrogens with one attached hydrogen (secondary N) is 2. The van der Waals surface area contributed by atoms with E-state index in [1.165, 1.54) is 25.0 Å². The summed E-state index contributed by atoms with van der Waals surface area (Å²) in [6, 6.07) is 4.21. The second-order valence-corrected chi connectivity index (χ2v) is 7.62. The van der Waals surface area contributed by atoms with Gasteiger partial charge in [0.1, 0.15) is 5.82 Å². The van der Waals surface area contributed by atoms with E-state index in [2.05, 4.69) is 17.6 Å². The Labute approximate surface area is 152 Å². The maximum absolute atomic E-state index is 14.3. The Bertz CT molecular complexity index is 725. The fourth-order valence-electron chi connectivity index (χ4n) is 4.69. The van der Waals surface area contributed by atoms with Crippen LogP contribution in [0.5, 0.6) is 0 Å². The normalized spacial score (nSPS) is 28.1. The molecule has 3 fully saturated rings. The standard InChI is InChI=1S/C19H25FN4O2/c1-12-11-24(17-5-3-2-4-14(12)17)19(26)22-16-10-13(6-7-15(16)20)23-9-8-21-18(23)25/h6-7,10,12,14,17H,2-5,8-9,11H2,1H3,(H,21,25)(H,22,26)/t12-,14-,17-/m1/s1. The number of anilines is 2. The van der Waals surface area contributed by atoms with Gasteiger partial charge < -0.3 is 15.5 Å². The van der Waals surface area contributed by atoms with Gasteiger partial charge in [-0.2, -0.15) is 0 Å². The number of hydrogen-bond acceptors (Lipinski definition) is 2. The number of carbonyl (C=O) groups is 2. The lowest BCUT2D eigenvalue weighted by Gasteiger charge is -2.32. The maximum Gasteiger partial charge on any atom is 0.322 e. The average Bonchev–Trinajstić information content (AvgIpc) is 3.21. The molecule has 2 aliphatic heterocycles. The van der Waals surface area contributed by atoms with Crippen molar-refractivity contribution in [1.29, 1.82) is 0 Å². The zero-order chi connectivity index (χ0) is 18.3. The van der Waals surface area contributed by atoms with Crippen molar-refractivity contribution >= 4 is 23.4 Å². The van der Waals surface area contributed by atoms with Crippen LogP contribution in [-0.2, 0) is 0 Å². The van der Waals surface area contributed by atoms with E-state index in [1.807, 2.05) is 4.90 Å². The monoisotopic (exact) mass is 360 g/mol. The first-order valence-electron chi connectivity index (χ1n) is 9.47. The highest BCUT2D eigenvalue weighted by Gasteiger charge is 2.42. The molecule has 1 aliphatic carbocycles. The molecule has 1 saturated carbocycles. The van der Waals surface area contributed by atoms with Gasteiger partial charge in [-0.05, 0) is 42.9 Å². The van der Waals surface area contributed by atoms with Crippen molar-refractivity contribution in [2.24, 2.45) is 11.8 Å². The summed E-state index contributed by atoms with van der Waals surface area (Å²) < 4.78 is 14.3. The Kier molecular flexibility index (Phi) is 4.46. The van der Waals surface area contributed by atoms with Crippen LogP contribution in [0.2, 0.25) is 0 Å². The van der Waals surface area contributed by atoms with Crippen LogP contribution in [0, 0.1) is 17.7 Å². The maximum atomic E-state index is 14.3. The van der Waals surface area contributed by atoms with E-state index >= 15 is 0 Å². The average molecular weight is 360 g/mol. The SMILES string of the molecule is C[C@@H]1CN(C(=O)Nc2cc(N3CCNC3=O)ccc2F)[C@@H]2CCCC[C@H]12. The number of carbonyl (C=O) groups excluding carboxylic acids is 2. The Morgan fingerprint density at radius 3 is 2.88 bits per heavy atom. The smallest absolute Gasteiger partial charge is 0.322 e. The Morgan fingerprint density at radius 2 is 2.12 bits per heavy atom. The molecule has 1 aromatic rings. The van der Waals surface area contributed by atoms with Crippen molar-refractivity contribution < 1.29 is 14.0 Å². The molecule has 0 spiro atoms. The third kappa shape index (κ3) is 2.99. The number of rotatable bonds is 2. The molecule has 26 heavy (non-hydrogen) atoms. The van der Waals surface area contributed by atoms with Crippen molar-refractivity contribution in [1.82, 2.24) is 10.2 Å². The first-order chi connectivity index (χ1) is 12.5. The quantitative estimate of drug-likeness (QED) is 0.849. The molecule has 4 amide bonds. The molecule has 3 aliphatic rings. The van der Waals surface area contributed by atoms with E-state index < -0.39 is 5.82 Å². The summed E-state index contributed by atoms with van der Waals surface area (Å²) in [5.74, 6) is 0.545. The molecule has 0 radical (unpaired) electrons. The Morgan fingerprint density at radius 1 is 1.31 bits per heavy atom. The van der Waals surface area contributed by atoms with Gasteiger partial charge in [0.2, 0.25) is 0 Å². The van der Waals surface area contributed by atoms with Crippen LogP contribution < -0.4 is 15.5 Å². The molecule has 0 bridgehead atoms. The van der Waals surface area contributed by atoms with Gasteiger partial charge in [-0.25, -0.2) is 14.0 Å². The van der Waals surface area contributed by atoms with E-state index in [4.69, 9.17) is 0 Å². The summed E-state index contributed by atoms with van der Waals surface area (Å²) in [5.41, 5.74) is 0.709. The van der Waals surface area contributed by atoms with Crippen LogP contribution in [0.3, 0.4) is 0 Å². The lowest BCUT2D eigenvalue weighted by molar-refractivity contribution is 0.180. The second-order valence-electron chi connectivity index (χ2n) is 7.62. The van der Waals surface area contributed by atoms with E-state index in [1.54, 1.807) is 11.0 Å². The van der Waals surface area contributed by atoms with Crippen LogP contribution in [0.25, 0.3) is 0 Å². The summed E-state index contributed by atoms with van der Waals surface area (Å²) in [5, 5.41) is 5.46. The van der Waals surface area contributed by atoms with Gasteiger partial charge in [0.25, 0.3) is 0 Å². The lowest BCUT2D eigenvalue weighted by Crippen LogP contribution is -2.41. The minimum atomic E-state index is -0.492. The zero-order valence-electron chi connectivity index (χ0n) is 15.0. The molecule has 6 nitrogen and oxygen atoms in total. The molecule has 140 valence electrons. The highest BCUT2D eigenvalue weighted by atomic mass is 19.1. The summed E-state index contributed by atoms with van der Waals surface area (Å²) in [4.78, 5) is 28.1. The van der Waals surface area contributed by atoms with E-state index in [-0.39, 0.29) is 23.8 Å². The van der Waals surface area contributed by atoms with Crippen LogP contribution >= 0.6 is 0 Å². The second kappa shape index (κ2) is 6.78. The van der Waals surface area contributed by atoms with Gasteiger partial charge in [-0.3, -0.25) is 4.90 Å². The number of nitrogens with zero attached hydrogens (tertiary/aromatic N) is 2. The molecule has 1 aromatic carbocycles. The van der Waals surface area contributed by atoms with Gasteiger partial charge in [0.15, 0.2) is 0 Å². The number of hydrogen-bond donors (Lipinski definition) is 2. The summed E-state index contributed by atoms with van der Waals surface area (Å²) in [6.07, 6.45) is 4.57. The molecule has 0 aromatic heterocycles. The molecule has 2 N–H and O–H groups in total. The van der Waals surface area contributed by atoms with Crippen LogP contribution in [0.1, 0.15) is 32.6 Å². The highest BCUT2D eigenvalue weighted by molar-refractivity contribution is 5.96. The van der Waals surface area contributed by atoms with Crippen molar-refractivity contribution in [2.45, 2.75) is 38.6 Å². The number of likely N-dealkylation sites (tertiary alicyclic amines) is 1. The number of urea groups is 2. The molecule has 0 unspecified atom stereocenters. The van der Waals surface area contributed by atoms with E-state index in [0.29, 0.717) is 30.6 Å². The third-order valence-corrected chi connectivity index (χ3v) is 6.02. The minimum Gasteiger partial charge on any atom is -0.336 e. The number of fused-ring (bicyclic) bond motifs is 1. The molecule has 2 heterocycles. The molecule has 3 atom stereocenters. The van der Waals surface area contributed by atoms with Gasteiger partial charge in [0.05, 0.1) is 5.69 Å². The van der Waals surface area contributed by atoms with Gasteiger partial charge >= 0.3 is 12.1 Å². The zero-order valence-corrected chi connectivity index (χ0v) is 15.0. The predicted octanol–water partition coefficient (Wildman–Crippen LogP) is 3.40. The minimum absolute atomic E-state index is 0.124. The Balaban J connectivity index is 1.51. The first-order valence-corrected chi connectivity index (χ1v) is 9.47. The molecule has 7 heteroatoms.